The molecule has 0 amide bonds. The van der Waals surface area contributed by atoms with Gasteiger partial charge in [-0.05, 0) is 56.8 Å². The average Bonchev–Trinajstić information content (AvgIpc) is 2.60. The van der Waals surface area contributed by atoms with Gasteiger partial charge in [0.25, 0.3) is 0 Å². The molecule has 2 aliphatic carbocycles. The SMILES string of the molecule is CCCC1CCC(C2CCC3CC(OCC)C(F)C(F)C3O2)CC1. The number of halogens is 2. The van der Waals surface area contributed by atoms with E-state index in [2.05, 4.69) is 6.92 Å². The molecule has 0 radical (unpaired) electrons. The summed E-state index contributed by atoms with van der Waals surface area (Å²) in [5.41, 5.74) is 0. The maximum Gasteiger partial charge on any atom is 0.160 e. The van der Waals surface area contributed by atoms with Crippen molar-refractivity contribution >= 4 is 0 Å². The zero-order chi connectivity index (χ0) is 17.1. The Hall–Kier alpha value is -0.220. The van der Waals surface area contributed by atoms with E-state index in [0.717, 1.165) is 18.8 Å². The lowest BCUT2D eigenvalue weighted by Gasteiger charge is -2.47. The van der Waals surface area contributed by atoms with Crippen LogP contribution in [0, 0.1) is 17.8 Å². The molecule has 24 heavy (non-hydrogen) atoms. The van der Waals surface area contributed by atoms with Gasteiger partial charge in [-0.2, -0.15) is 0 Å². The highest BCUT2D eigenvalue weighted by Crippen LogP contribution is 2.44. The zero-order valence-electron chi connectivity index (χ0n) is 15.3. The van der Waals surface area contributed by atoms with Crippen LogP contribution in [0.1, 0.15) is 71.6 Å². The summed E-state index contributed by atoms with van der Waals surface area (Å²) in [6.45, 7) is 4.54. The van der Waals surface area contributed by atoms with Gasteiger partial charge in [0.1, 0.15) is 0 Å². The molecule has 3 aliphatic rings. The van der Waals surface area contributed by atoms with Crippen LogP contribution in [0.2, 0.25) is 0 Å². The molecule has 0 aromatic heterocycles. The Balaban J connectivity index is 1.55. The van der Waals surface area contributed by atoms with Crippen LogP contribution in [0.25, 0.3) is 0 Å². The lowest BCUT2D eigenvalue weighted by Crippen LogP contribution is -2.55. The first-order chi connectivity index (χ1) is 11.6. The highest BCUT2D eigenvalue weighted by Gasteiger charge is 2.50. The number of hydrogen-bond acceptors (Lipinski definition) is 2. The molecule has 0 bridgehead atoms. The van der Waals surface area contributed by atoms with E-state index >= 15 is 0 Å². The predicted octanol–water partition coefficient (Wildman–Crippen LogP) is 5.24. The Labute approximate surface area is 145 Å². The van der Waals surface area contributed by atoms with Crippen LogP contribution >= 0.6 is 0 Å². The van der Waals surface area contributed by atoms with E-state index in [4.69, 9.17) is 9.47 Å². The van der Waals surface area contributed by atoms with E-state index in [9.17, 15) is 8.78 Å². The summed E-state index contributed by atoms with van der Waals surface area (Å²) in [6.07, 6.45) is 6.07. The fraction of sp³-hybridized carbons (Fsp3) is 1.00. The summed E-state index contributed by atoms with van der Waals surface area (Å²) < 4.78 is 40.5. The summed E-state index contributed by atoms with van der Waals surface area (Å²) in [5.74, 6) is 1.54. The minimum atomic E-state index is -1.54. The maximum absolute atomic E-state index is 14.6. The van der Waals surface area contributed by atoms with Crippen LogP contribution in [0.3, 0.4) is 0 Å². The molecule has 1 heterocycles. The summed E-state index contributed by atoms with van der Waals surface area (Å²) >= 11 is 0. The molecule has 3 rings (SSSR count). The summed E-state index contributed by atoms with van der Waals surface area (Å²) in [5, 5.41) is 0. The third-order valence-corrected chi connectivity index (χ3v) is 6.62. The molecule has 0 spiro atoms. The van der Waals surface area contributed by atoms with Crippen molar-refractivity contribution in [3.63, 3.8) is 0 Å². The van der Waals surface area contributed by atoms with Crippen molar-refractivity contribution in [1.82, 2.24) is 0 Å². The average molecular weight is 344 g/mol. The molecule has 1 aliphatic heterocycles. The summed E-state index contributed by atoms with van der Waals surface area (Å²) in [4.78, 5) is 0. The van der Waals surface area contributed by atoms with Gasteiger partial charge in [0.05, 0.1) is 18.3 Å². The summed E-state index contributed by atoms with van der Waals surface area (Å²) in [6, 6.07) is 0. The van der Waals surface area contributed by atoms with Crippen molar-refractivity contribution in [3.05, 3.63) is 0 Å². The second-order valence-corrected chi connectivity index (χ2v) is 8.16. The molecule has 1 saturated heterocycles. The maximum atomic E-state index is 14.6. The first-order valence-electron chi connectivity index (χ1n) is 10.2. The van der Waals surface area contributed by atoms with Gasteiger partial charge in [-0.3, -0.25) is 0 Å². The van der Waals surface area contributed by atoms with Crippen molar-refractivity contribution in [3.8, 4) is 0 Å². The second kappa shape index (κ2) is 8.44. The van der Waals surface area contributed by atoms with E-state index in [1.54, 1.807) is 0 Å². The third kappa shape index (κ3) is 3.95. The normalized spacial score (nSPS) is 46.5. The number of fused-ring (bicyclic) bond motifs is 1. The van der Waals surface area contributed by atoms with Gasteiger partial charge in [0.2, 0.25) is 0 Å². The van der Waals surface area contributed by atoms with E-state index in [0.29, 0.717) is 18.9 Å². The lowest BCUT2D eigenvalue weighted by atomic mass is 9.72. The topological polar surface area (TPSA) is 18.5 Å². The van der Waals surface area contributed by atoms with Crippen LogP contribution in [0.5, 0.6) is 0 Å². The molecule has 140 valence electrons. The minimum absolute atomic E-state index is 0.122. The van der Waals surface area contributed by atoms with Crippen LogP contribution in [0.4, 0.5) is 8.78 Å². The molecular weight excluding hydrogens is 310 g/mol. The lowest BCUT2D eigenvalue weighted by molar-refractivity contribution is -0.194. The largest absolute Gasteiger partial charge is 0.375 e. The first kappa shape index (κ1) is 18.6. The number of hydrogen-bond donors (Lipinski definition) is 0. The Morgan fingerprint density at radius 2 is 1.62 bits per heavy atom. The molecule has 4 heteroatoms. The van der Waals surface area contributed by atoms with Gasteiger partial charge in [0.15, 0.2) is 12.3 Å². The van der Waals surface area contributed by atoms with E-state index in [1.165, 1.54) is 38.5 Å². The van der Waals surface area contributed by atoms with Gasteiger partial charge in [-0.25, -0.2) is 8.78 Å². The molecule has 0 aromatic rings. The Morgan fingerprint density at radius 1 is 0.917 bits per heavy atom. The van der Waals surface area contributed by atoms with E-state index in [-0.39, 0.29) is 12.0 Å². The van der Waals surface area contributed by atoms with Crippen molar-refractivity contribution in [2.75, 3.05) is 6.61 Å². The standard InChI is InChI=1S/C20H34F2O2/c1-3-5-13-6-8-14(9-7-13)16-11-10-15-12-17(23-4-2)18(21)19(22)20(15)24-16/h13-20H,3-12H2,1-2H3. The molecule has 6 unspecified atom stereocenters. The molecule has 3 fully saturated rings. The fourth-order valence-electron chi connectivity index (χ4n) is 5.30. The smallest absolute Gasteiger partial charge is 0.160 e. The first-order valence-corrected chi connectivity index (χ1v) is 10.2. The van der Waals surface area contributed by atoms with Crippen molar-refractivity contribution < 1.29 is 18.3 Å². The third-order valence-electron chi connectivity index (χ3n) is 6.62. The summed E-state index contributed by atoms with van der Waals surface area (Å²) in [7, 11) is 0. The van der Waals surface area contributed by atoms with Gasteiger partial charge >= 0.3 is 0 Å². The van der Waals surface area contributed by atoms with E-state index in [1.807, 2.05) is 6.92 Å². The Bertz CT molecular complexity index is 382. The second-order valence-electron chi connectivity index (χ2n) is 8.16. The molecule has 0 N–H and O–H groups in total. The molecule has 0 aromatic carbocycles. The zero-order valence-corrected chi connectivity index (χ0v) is 15.3. The van der Waals surface area contributed by atoms with Crippen molar-refractivity contribution in [1.29, 1.82) is 0 Å². The van der Waals surface area contributed by atoms with Crippen LogP contribution in [-0.2, 0) is 9.47 Å². The van der Waals surface area contributed by atoms with E-state index < -0.39 is 24.6 Å². The fourth-order valence-corrected chi connectivity index (χ4v) is 5.30. The molecular formula is C20H34F2O2. The number of rotatable bonds is 5. The van der Waals surface area contributed by atoms with Gasteiger partial charge in [0, 0.05) is 6.61 Å². The highest BCUT2D eigenvalue weighted by atomic mass is 19.2. The van der Waals surface area contributed by atoms with Gasteiger partial charge < -0.3 is 9.47 Å². The van der Waals surface area contributed by atoms with Crippen LogP contribution in [0.15, 0.2) is 0 Å². The number of ether oxygens (including phenoxy) is 2. The Kier molecular flexibility index (Phi) is 6.53. The number of alkyl halides is 2. The minimum Gasteiger partial charge on any atom is -0.375 e. The van der Waals surface area contributed by atoms with Crippen LogP contribution in [-0.4, -0.2) is 37.3 Å². The van der Waals surface area contributed by atoms with Crippen molar-refractivity contribution in [2.45, 2.75) is 102 Å². The molecule has 2 saturated carbocycles. The predicted molar refractivity (Wildman–Crippen MR) is 91.6 cm³/mol. The van der Waals surface area contributed by atoms with Gasteiger partial charge in [-0.15, -0.1) is 0 Å². The highest BCUT2D eigenvalue weighted by molar-refractivity contribution is 4.98. The monoisotopic (exact) mass is 344 g/mol. The quantitative estimate of drug-likeness (QED) is 0.679. The van der Waals surface area contributed by atoms with Gasteiger partial charge in [-0.1, -0.05) is 32.6 Å². The van der Waals surface area contributed by atoms with Crippen LogP contribution < -0.4 is 0 Å². The van der Waals surface area contributed by atoms with Crippen molar-refractivity contribution in [2.24, 2.45) is 17.8 Å². The Morgan fingerprint density at radius 3 is 2.29 bits per heavy atom. The molecule has 2 nitrogen and oxygen atoms in total. The molecule has 6 atom stereocenters.